The smallest absolute Gasteiger partial charge is 0.115 e. The van der Waals surface area contributed by atoms with Gasteiger partial charge in [0.1, 0.15) is 5.75 Å². The zero-order valence-corrected chi connectivity index (χ0v) is 9.87. The third kappa shape index (κ3) is 5.46. The van der Waals surface area contributed by atoms with E-state index in [-0.39, 0.29) is 0 Å². The quantitative estimate of drug-likeness (QED) is 0.693. The fourth-order valence-corrected chi connectivity index (χ4v) is 1.77. The van der Waals surface area contributed by atoms with Crippen molar-refractivity contribution < 1.29 is 5.11 Å². The van der Waals surface area contributed by atoms with E-state index in [0.717, 1.165) is 12.3 Å². The molecular weight excluding hydrogens is 184 g/mol. The Labute approximate surface area is 93.1 Å². The number of rotatable bonds is 6. The molecule has 15 heavy (non-hydrogen) atoms. The number of aryl methyl sites for hydroxylation is 1. The van der Waals surface area contributed by atoms with E-state index in [1.54, 1.807) is 6.07 Å². The van der Waals surface area contributed by atoms with Gasteiger partial charge in [0, 0.05) is 0 Å². The van der Waals surface area contributed by atoms with Gasteiger partial charge in [0.15, 0.2) is 0 Å². The predicted octanol–water partition coefficient (Wildman–Crippen LogP) is 4.15. The van der Waals surface area contributed by atoms with E-state index in [2.05, 4.69) is 19.9 Å². The summed E-state index contributed by atoms with van der Waals surface area (Å²) in [5, 5.41) is 9.29. The zero-order valence-electron chi connectivity index (χ0n) is 9.87. The van der Waals surface area contributed by atoms with Crippen LogP contribution in [0.25, 0.3) is 0 Å². The minimum atomic E-state index is 0.384. The molecule has 1 nitrogen and oxygen atoms in total. The SMILES string of the molecule is CC(C)CCCCCc1cccc(O)c1. The van der Waals surface area contributed by atoms with Crippen molar-refractivity contribution in [2.45, 2.75) is 46.0 Å². The van der Waals surface area contributed by atoms with Crippen LogP contribution in [0.2, 0.25) is 0 Å². The van der Waals surface area contributed by atoms with Crippen molar-refractivity contribution in [1.29, 1.82) is 0 Å². The van der Waals surface area contributed by atoms with Gasteiger partial charge in [-0.25, -0.2) is 0 Å². The second-order valence-electron chi connectivity index (χ2n) is 4.66. The van der Waals surface area contributed by atoms with E-state index in [4.69, 9.17) is 0 Å². The molecule has 0 saturated carbocycles. The monoisotopic (exact) mass is 206 g/mol. The molecule has 1 aromatic carbocycles. The van der Waals surface area contributed by atoms with Gasteiger partial charge < -0.3 is 5.11 Å². The van der Waals surface area contributed by atoms with E-state index >= 15 is 0 Å². The number of unbranched alkanes of at least 4 members (excludes halogenated alkanes) is 2. The van der Waals surface area contributed by atoms with Crippen molar-refractivity contribution in [2.24, 2.45) is 5.92 Å². The molecular formula is C14H22O. The molecule has 0 aliphatic rings. The first kappa shape index (κ1) is 12.1. The van der Waals surface area contributed by atoms with Gasteiger partial charge in [0.2, 0.25) is 0 Å². The van der Waals surface area contributed by atoms with Crippen LogP contribution in [-0.4, -0.2) is 5.11 Å². The molecule has 1 rings (SSSR count). The Hall–Kier alpha value is -0.980. The van der Waals surface area contributed by atoms with Crippen LogP contribution in [0.15, 0.2) is 24.3 Å². The normalized spacial score (nSPS) is 10.9. The van der Waals surface area contributed by atoms with Crippen molar-refractivity contribution in [1.82, 2.24) is 0 Å². The number of hydrogen-bond acceptors (Lipinski definition) is 1. The van der Waals surface area contributed by atoms with Crippen molar-refractivity contribution in [3.63, 3.8) is 0 Å². The lowest BCUT2D eigenvalue weighted by molar-refractivity contribution is 0.474. The first-order valence-electron chi connectivity index (χ1n) is 5.96. The highest BCUT2D eigenvalue weighted by molar-refractivity contribution is 5.27. The van der Waals surface area contributed by atoms with E-state index in [1.807, 2.05) is 12.1 Å². The first-order chi connectivity index (χ1) is 7.18. The average Bonchev–Trinajstić information content (AvgIpc) is 2.17. The Bertz CT molecular complexity index is 278. The minimum Gasteiger partial charge on any atom is -0.508 e. The molecule has 1 N–H and O–H groups in total. The standard InChI is InChI=1S/C14H22O/c1-12(2)7-4-3-5-8-13-9-6-10-14(15)11-13/h6,9-12,15H,3-5,7-8H2,1-2H3. The minimum absolute atomic E-state index is 0.384. The van der Waals surface area contributed by atoms with E-state index < -0.39 is 0 Å². The second kappa shape index (κ2) is 6.49. The van der Waals surface area contributed by atoms with Crippen LogP contribution >= 0.6 is 0 Å². The summed E-state index contributed by atoms with van der Waals surface area (Å²) in [4.78, 5) is 0. The van der Waals surface area contributed by atoms with Crippen molar-refractivity contribution >= 4 is 0 Å². The van der Waals surface area contributed by atoms with Crippen LogP contribution in [0.3, 0.4) is 0 Å². The van der Waals surface area contributed by atoms with Gasteiger partial charge in [-0.05, 0) is 36.5 Å². The summed E-state index contributed by atoms with van der Waals surface area (Å²) < 4.78 is 0. The third-order valence-corrected chi connectivity index (χ3v) is 2.66. The van der Waals surface area contributed by atoms with Gasteiger partial charge in [-0.1, -0.05) is 45.2 Å². The number of phenolic OH excluding ortho intramolecular Hbond substituents is 1. The summed E-state index contributed by atoms with van der Waals surface area (Å²) in [7, 11) is 0. The maximum atomic E-state index is 9.29. The molecule has 0 atom stereocenters. The van der Waals surface area contributed by atoms with Crippen LogP contribution in [0.5, 0.6) is 5.75 Å². The Kier molecular flexibility index (Phi) is 5.23. The molecule has 0 spiro atoms. The van der Waals surface area contributed by atoms with Crippen molar-refractivity contribution in [2.75, 3.05) is 0 Å². The summed E-state index contributed by atoms with van der Waals surface area (Å²) in [6.45, 7) is 4.55. The Morgan fingerprint density at radius 1 is 1.13 bits per heavy atom. The summed E-state index contributed by atoms with van der Waals surface area (Å²) >= 11 is 0. The average molecular weight is 206 g/mol. The lowest BCUT2D eigenvalue weighted by Crippen LogP contribution is -1.89. The number of benzene rings is 1. The molecule has 0 unspecified atom stereocenters. The number of phenols is 1. The van der Waals surface area contributed by atoms with Gasteiger partial charge in [0.25, 0.3) is 0 Å². The molecule has 0 amide bonds. The van der Waals surface area contributed by atoms with Crippen molar-refractivity contribution in [3.8, 4) is 5.75 Å². The maximum absolute atomic E-state index is 9.29. The Morgan fingerprint density at radius 3 is 2.60 bits per heavy atom. The fraction of sp³-hybridized carbons (Fsp3) is 0.571. The van der Waals surface area contributed by atoms with Gasteiger partial charge in [-0.2, -0.15) is 0 Å². The molecule has 0 aliphatic carbocycles. The first-order valence-corrected chi connectivity index (χ1v) is 5.96. The summed E-state index contributed by atoms with van der Waals surface area (Å²) in [6.07, 6.45) is 6.28. The Balaban J connectivity index is 2.15. The molecule has 0 aromatic heterocycles. The van der Waals surface area contributed by atoms with Crippen LogP contribution < -0.4 is 0 Å². The zero-order chi connectivity index (χ0) is 11.1. The molecule has 1 aromatic rings. The largest absolute Gasteiger partial charge is 0.508 e. The van der Waals surface area contributed by atoms with Gasteiger partial charge >= 0.3 is 0 Å². The molecule has 1 heteroatoms. The number of hydrogen-bond donors (Lipinski definition) is 1. The van der Waals surface area contributed by atoms with Crippen LogP contribution in [0.1, 0.15) is 45.1 Å². The summed E-state index contributed by atoms with van der Waals surface area (Å²) in [5.41, 5.74) is 1.25. The molecule has 0 aliphatic heterocycles. The van der Waals surface area contributed by atoms with E-state index in [0.29, 0.717) is 5.75 Å². The summed E-state index contributed by atoms with van der Waals surface area (Å²) in [5.74, 6) is 1.21. The Morgan fingerprint density at radius 2 is 1.93 bits per heavy atom. The van der Waals surface area contributed by atoms with E-state index in [9.17, 15) is 5.11 Å². The van der Waals surface area contributed by atoms with E-state index in [1.165, 1.54) is 31.2 Å². The lowest BCUT2D eigenvalue weighted by Gasteiger charge is -2.04. The van der Waals surface area contributed by atoms with Gasteiger partial charge in [-0.15, -0.1) is 0 Å². The highest BCUT2D eigenvalue weighted by atomic mass is 16.3. The predicted molar refractivity (Wildman–Crippen MR) is 65.1 cm³/mol. The lowest BCUT2D eigenvalue weighted by atomic mass is 10.0. The third-order valence-electron chi connectivity index (χ3n) is 2.66. The van der Waals surface area contributed by atoms with Crippen LogP contribution in [-0.2, 0) is 6.42 Å². The second-order valence-corrected chi connectivity index (χ2v) is 4.66. The van der Waals surface area contributed by atoms with Gasteiger partial charge in [0.05, 0.1) is 0 Å². The molecule has 0 saturated heterocycles. The molecule has 0 fully saturated rings. The topological polar surface area (TPSA) is 20.2 Å². The molecule has 0 radical (unpaired) electrons. The fourth-order valence-electron chi connectivity index (χ4n) is 1.77. The highest BCUT2D eigenvalue weighted by Crippen LogP contribution is 2.15. The maximum Gasteiger partial charge on any atom is 0.115 e. The molecule has 84 valence electrons. The molecule has 0 bridgehead atoms. The van der Waals surface area contributed by atoms with Crippen molar-refractivity contribution in [3.05, 3.63) is 29.8 Å². The van der Waals surface area contributed by atoms with Crippen LogP contribution in [0.4, 0.5) is 0 Å². The highest BCUT2D eigenvalue weighted by Gasteiger charge is 1.97. The van der Waals surface area contributed by atoms with Crippen LogP contribution in [0, 0.1) is 5.92 Å². The number of aromatic hydroxyl groups is 1. The molecule has 0 heterocycles. The summed E-state index contributed by atoms with van der Waals surface area (Å²) in [6, 6.07) is 7.59. The van der Waals surface area contributed by atoms with Gasteiger partial charge in [-0.3, -0.25) is 0 Å².